The molecule has 0 amide bonds. The highest BCUT2D eigenvalue weighted by Crippen LogP contribution is 2.15. The number of hydrogen-bond donors (Lipinski definition) is 0. The van der Waals surface area contributed by atoms with Crippen molar-refractivity contribution in [3.8, 4) is 0 Å². The zero-order valence-corrected chi connectivity index (χ0v) is 41.6. The summed E-state index contributed by atoms with van der Waals surface area (Å²) in [5.74, 6) is -0.891. The predicted octanol–water partition coefficient (Wildman–Crippen LogP) is 17.6. The molecule has 364 valence electrons. The van der Waals surface area contributed by atoms with Gasteiger partial charge in [0, 0.05) is 19.3 Å². The Labute approximate surface area is 390 Å². The van der Waals surface area contributed by atoms with Gasteiger partial charge in [-0.25, -0.2) is 0 Å². The van der Waals surface area contributed by atoms with Crippen LogP contribution in [0.4, 0.5) is 0 Å². The lowest BCUT2D eigenvalue weighted by Crippen LogP contribution is -2.30. The number of carbonyl (C=O) groups excluding carboxylic acids is 3. The van der Waals surface area contributed by atoms with Crippen LogP contribution in [-0.4, -0.2) is 37.2 Å². The maximum absolute atomic E-state index is 12.8. The lowest BCUT2D eigenvalue weighted by molar-refractivity contribution is -0.167. The Kier molecular flexibility index (Phi) is 49.4. The fourth-order valence-electron chi connectivity index (χ4n) is 7.49. The molecule has 0 spiro atoms. The zero-order valence-electron chi connectivity index (χ0n) is 41.6. The van der Waals surface area contributed by atoms with Crippen LogP contribution in [0.25, 0.3) is 0 Å². The van der Waals surface area contributed by atoms with Gasteiger partial charge in [0.05, 0.1) is 0 Å². The molecule has 0 saturated carbocycles. The summed E-state index contributed by atoms with van der Waals surface area (Å²) in [6.45, 7) is 6.49. The van der Waals surface area contributed by atoms with E-state index in [1.165, 1.54) is 128 Å². The molecule has 6 heteroatoms. The molecule has 0 aliphatic carbocycles. The molecule has 1 unspecified atom stereocenters. The van der Waals surface area contributed by atoms with E-state index in [0.717, 1.165) is 96.3 Å². The van der Waals surface area contributed by atoms with E-state index in [1.54, 1.807) is 0 Å². The second-order valence-corrected chi connectivity index (χ2v) is 17.8. The average molecular weight is 881 g/mol. The van der Waals surface area contributed by atoms with Crippen LogP contribution in [0.2, 0.25) is 0 Å². The van der Waals surface area contributed by atoms with Gasteiger partial charge in [-0.3, -0.25) is 14.4 Å². The summed E-state index contributed by atoms with van der Waals surface area (Å²) in [5, 5.41) is 0. The van der Waals surface area contributed by atoms with E-state index >= 15 is 0 Å². The maximum atomic E-state index is 12.8. The molecular weight excluding hydrogens is 781 g/mol. The molecule has 0 rings (SSSR count). The Morgan fingerprint density at radius 2 is 0.619 bits per heavy atom. The van der Waals surface area contributed by atoms with Gasteiger partial charge in [-0.15, -0.1) is 0 Å². The highest BCUT2D eigenvalue weighted by molar-refractivity contribution is 5.71. The first-order chi connectivity index (χ1) is 31.0. The topological polar surface area (TPSA) is 78.9 Å². The number of allylic oxidation sites excluding steroid dienone is 10. The van der Waals surface area contributed by atoms with Gasteiger partial charge in [0.25, 0.3) is 0 Å². The van der Waals surface area contributed by atoms with E-state index in [-0.39, 0.29) is 31.1 Å². The van der Waals surface area contributed by atoms with Gasteiger partial charge in [0.2, 0.25) is 0 Å². The van der Waals surface area contributed by atoms with Crippen molar-refractivity contribution in [2.75, 3.05) is 13.2 Å². The molecule has 0 aromatic heterocycles. The number of esters is 3. The minimum absolute atomic E-state index is 0.0788. The van der Waals surface area contributed by atoms with Crippen LogP contribution >= 0.6 is 0 Å². The van der Waals surface area contributed by atoms with Crippen molar-refractivity contribution in [1.29, 1.82) is 0 Å². The SMILES string of the molecule is CC/C=C\C/C=C\C/C=C\CCCCCCCCCC(=O)OCC(COC(=O)CCCCCCCCCCCCC)OC(=O)CCCCCCCCC/C=C\C/C=C\CCCCC. The minimum atomic E-state index is -0.780. The van der Waals surface area contributed by atoms with Crippen molar-refractivity contribution in [1.82, 2.24) is 0 Å². The molecule has 63 heavy (non-hydrogen) atoms. The van der Waals surface area contributed by atoms with Crippen LogP contribution in [-0.2, 0) is 28.6 Å². The summed E-state index contributed by atoms with van der Waals surface area (Å²) in [5.41, 5.74) is 0. The van der Waals surface area contributed by atoms with Crippen LogP contribution in [0.1, 0.15) is 265 Å². The summed E-state index contributed by atoms with van der Waals surface area (Å²) >= 11 is 0. The summed E-state index contributed by atoms with van der Waals surface area (Å²) in [6.07, 6.45) is 63.4. The number of hydrogen-bond acceptors (Lipinski definition) is 6. The van der Waals surface area contributed by atoms with Gasteiger partial charge < -0.3 is 14.2 Å². The molecule has 0 aliphatic rings. The van der Waals surface area contributed by atoms with Gasteiger partial charge in [-0.2, -0.15) is 0 Å². The van der Waals surface area contributed by atoms with Crippen molar-refractivity contribution in [3.05, 3.63) is 60.8 Å². The first-order valence-electron chi connectivity index (χ1n) is 26.8. The van der Waals surface area contributed by atoms with E-state index in [9.17, 15) is 14.4 Å². The summed E-state index contributed by atoms with van der Waals surface area (Å²) in [7, 11) is 0. The van der Waals surface area contributed by atoms with Crippen molar-refractivity contribution >= 4 is 17.9 Å². The monoisotopic (exact) mass is 881 g/mol. The first-order valence-corrected chi connectivity index (χ1v) is 26.8. The Bertz CT molecular complexity index is 1150. The molecule has 1 atom stereocenters. The third kappa shape index (κ3) is 50.0. The Balaban J connectivity index is 4.37. The largest absolute Gasteiger partial charge is 0.462 e. The van der Waals surface area contributed by atoms with Crippen LogP contribution in [0.5, 0.6) is 0 Å². The smallest absolute Gasteiger partial charge is 0.306 e. The third-order valence-corrected chi connectivity index (χ3v) is 11.5. The number of rotatable bonds is 48. The quantitative estimate of drug-likeness (QED) is 0.0262. The van der Waals surface area contributed by atoms with Crippen molar-refractivity contribution in [2.45, 2.75) is 271 Å². The zero-order chi connectivity index (χ0) is 45.8. The molecule has 0 aromatic carbocycles. The summed E-state index contributed by atoms with van der Waals surface area (Å²) < 4.78 is 16.8. The first kappa shape index (κ1) is 60.1. The predicted molar refractivity (Wildman–Crippen MR) is 270 cm³/mol. The molecule has 0 fully saturated rings. The Morgan fingerprint density at radius 1 is 0.333 bits per heavy atom. The second kappa shape index (κ2) is 51.7. The fraction of sp³-hybridized carbons (Fsp3) is 0.772. The van der Waals surface area contributed by atoms with Gasteiger partial charge in [-0.1, -0.05) is 223 Å². The lowest BCUT2D eigenvalue weighted by Gasteiger charge is -2.18. The highest BCUT2D eigenvalue weighted by atomic mass is 16.6. The number of ether oxygens (including phenoxy) is 3. The molecule has 6 nitrogen and oxygen atoms in total. The van der Waals surface area contributed by atoms with E-state index in [1.807, 2.05) is 0 Å². The Morgan fingerprint density at radius 3 is 1.00 bits per heavy atom. The molecular formula is C57H100O6. The summed E-state index contributed by atoms with van der Waals surface area (Å²) in [4.78, 5) is 38.0. The number of carbonyl (C=O) groups is 3. The summed E-state index contributed by atoms with van der Waals surface area (Å²) in [6, 6.07) is 0. The maximum Gasteiger partial charge on any atom is 0.306 e. The van der Waals surface area contributed by atoms with E-state index < -0.39 is 6.10 Å². The van der Waals surface area contributed by atoms with Crippen LogP contribution < -0.4 is 0 Å². The minimum Gasteiger partial charge on any atom is -0.462 e. The van der Waals surface area contributed by atoms with Crippen molar-refractivity contribution in [3.63, 3.8) is 0 Å². The second-order valence-electron chi connectivity index (χ2n) is 17.8. The van der Waals surface area contributed by atoms with Crippen molar-refractivity contribution in [2.24, 2.45) is 0 Å². The van der Waals surface area contributed by atoms with Crippen LogP contribution in [0, 0.1) is 0 Å². The van der Waals surface area contributed by atoms with E-state index in [4.69, 9.17) is 14.2 Å². The molecule has 0 N–H and O–H groups in total. The van der Waals surface area contributed by atoms with Crippen LogP contribution in [0.3, 0.4) is 0 Å². The van der Waals surface area contributed by atoms with Crippen molar-refractivity contribution < 1.29 is 28.6 Å². The van der Waals surface area contributed by atoms with Gasteiger partial charge >= 0.3 is 17.9 Å². The molecule has 0 aromatic rings. The molecule has 0 bridgehead atoms. The van der Waals surface area contributed by atoms with Gasteiger partial charge in [0.1, 0.15) is 13.2 Å². The van der Waals surface area contributed by atoms with Crippen LogP contribution in [0.15, 0.2) is 60.8 Å². The third-order valence-electron chi connectivity index (χ3n) is 11.5. The average Bonchev–Trinajstić information content (AvgIpc) is 3.28. The fourth-order valence-corrected chi connectivity index (χ4v) is 7.49. The molecule has 0 aliphatic heterocycles. The molecule has 0 heterocycles. The standard InChI is InChI=1S/C57H100O6/c1-4-7-10-13-16-19-22-24-26-28-30-32-35-38-41-44-47-50-56(59)62-53-54(52-61-55(58)49-46-43-40-37-34-21-18-15-12-9-6-3)63-57(60)51-48-45-42-39-36-33-31-29-27-25-23-20-17-14-11-8-5-2/h7,10,16-17,19-20,24-27,54H,4-6,8-9,11-15,18,21-23,28-53H2,1-3H3/b10-7-,19-16-,20-17-,26-24-,27-25-. The normalized spacial score (nSPS) is 12.5. The lowest BCUT2D eigenvalue weighted by atomic mass is 10.1. The Hall–Kier alpha value is -2.89. The van der Waals surface area contributed by atoms with Gasteiger partial charge in [0.15, 0.2) is 6.10 Å². The molecule has 0 radical (unpaired) electrons. The van der Waals surface area contributed by atoms with Gasteiger partial charge in [-0.05, 0) is 83.5 Å². The van der Waals surface area contributed by atoms with E-state index in [2.05, 4.69) is 81.5 Å². The highest BCUT2D eigenvalue weighted by Gasteiger charge is 2.19. The van der Waals surface area contributed by atoms with E-state index in [0.29, 0.717) is 19.3 Å². The number of unbranched alkanes of at least 4 members (excludes halogenated alkanes) is 27. The molecule has 0 saturated heterocycles.